The maximum absolute atomic E-state index is 13.0. The Balaban J connectivity index is 1.60. The summed E-state index contributed by atoms with van der Waals surface area (Å²) in [6.45, 7) is 0. The normalized spacial score (nSPS) is 10.5. The number of anilines is 3. The van der Waals surface area contributed by atoms with Crippen LogP contribution in [0, 0.1) is 0 Å². The van der Waals surface area contributed by atoms with E-state index in [9.17, 15) is 4.79 Å². The molecule has 1 heterocycles. The number of hydrogen-bond acceptors (Lipinski definition) is 5. The zero-order valence-corrected chi connectivity index (χ0v) is 15.2. The van der Waals surface area contributed by atoms with Crippen molar-refractivity contribution in [3.63, 3.8) is 0 Å². The van der Waals surface area contributed by atoms with Gasteiger partial charge >= 0.3 is 0 Å². The minimum Gasteiger partial charge on any atom is -0.423 e. The summed E-state index contributed by atoms with van der Waals surface area (Å²) in [4.78, 5) is 15.0. The van der Waals surface area contributed by atoms with Gasteiger partial charge in [0.25, 0.3) is 5.91 Å². The summed E-state index contributed by atoms with van der Waals surface area (Å²) in [5, 5.41) is 10.5. The van der Waals surface area contributed by atoms with E-state index in [1.165, 1.54) is 6.39 Å². The Kier molecular flexibility index (Phi) is 4.84. The van der Waals surface area contributed by atoms with E-state index in [1.54, 1.807) is 6.07 Å². The third-order valence-corrected chi connectivity index (χ3v) is 4.38. The first kappa shape index (κ1) is 17.5. The van der Waals surface area contributed by atoms with Gasteiger partial charge in [0.1, 0.15) is 0 Å². The maximum atomic E-state index is 13.0. The third kappa shape index (κ3) is 3.61. The van der Waals surface area contributed by atoms with E-state index >= 15 is 0 Å². The number of rotatable bonds is 5. The van der Waals surface area contributed by atoms with Crippen molar-refractivity contribution in [1.29, 1.82) is 0 Å². The molecule has 28 heavy (non-hydrogen) atoms. The molecule has 0 aliphatic carbocycles. The van der Waals surface area contributed by atoms with Gasteiger partial charge in [-0.15, -0.1) is 10.2 Å². The molecule has 0 saturated carbocycles. The quantitative estimate of drug-likeness (QED) is 0.548. The zero-order chi connectivity index (χ0) is 19.3. The van der Waals surface area contributed by atoms with Gasteiger partial charge in [0.05, 0.1) is 11.3 Å². The number of amides is 1. The van der Waals surface area contributed by atoms with Gasteiger partial charge in [-0.3, -0.25) is 4.79 Å². The van der Waals surface area contributed by atoms with Gasteiger partial charge in [0.2, 0.25) is 12.3 Å². The van der Waals surface area contributed by atoms with Crippen molar-refractivity contribution in [1.82, 2.24) is 10.2 Å². The molecule has 6 nitrogen and oxygen atoms in total. The maximum Gasteiger partial charge on any atom is 0.257 e. The van der Waals surface area contributed by atoms with E-state index < -0.39 is 0 Å². The molecule has 0 fully saturated rings. The fourth-order valence-corrected chi connectivity index (χ4v) is 2.98. The van der Waals surface area contributed by atoms with Gasteiger partial charge in [-0.1, -0.05) is 36.4 Å². The Bertz CT molecular complexity index is 1080. The van der Waals surface area contributed by atoms with Crippen LogP contribution < -0.4 is 10.2 Å². The van der Waals surface area contributed by atoms with Crippen LogP contribution in [0.25, 0.3) is 11.5 Å². The van der Waals surface area contributed by atoms with Crippen LogP contribution in [0.3, 0.4) is 0 Å². The van der Waals surface area contributed by atoms with Crippen LogP contribution in [-0.4, -0.2) is 23.2 Å². The van der Waals surface area contributed by atoms with Crippen LogP contribution >= 0.6 is 0 Å². The molecule has 138 valence electrons. The highest BCUT2D eigenvalue weighted by atomic mass is 16.4. The first-order valence-corrected chi connectivity index (χ1v) is 8.78. The number of nitrogens with one attached hydrogen (secondary N) is 1. The van der Waals surface area contributed by atoms with Gasteiger partial charge in [0, 0.05) is 24.0 Å². The standard InChI is InChI=1S/C22H18N4O2/c1-26(18-10-3-2-4-11-18)20-13-6-5-12-19(20)21(27)24-17-9-7-8-16(14-17)22-25-23-15-28-22/h2-15H,1H3,(H,24,27). The number of benzene rings is 3. The number of carbonyl (C=O) groups is 1. The average molecular weight is 370 g/mol. The molecule has 0 atom stereocenters. The summed E-state index contributed by atoms with van der Waals surface area (Å²) < 4.78 is 5.22. The topological polar surface area (TPSA) is 71.3 Å². The molecular formula is C22H18N4O2. The van der Waals surface area contributed by atoms with Gasteiger partial charge in [-0.25, -0.2) is 0 Å². The van der Waals surface area contributed by atoms with E-state index in [2.05, 4.69) is 15.5 Å². The van der Waals surface area contributed by atoms with Crippen molar-refractivity contribution in [2.75, 3.05) is 17.3 Å². The highest BCUT2D eigenvalue weighted by Crippen LogP contribution is 2.28. The van der Waals surface area contributed by atoms with E-state index in [4.69, 9.17) is 4.42 Å². The van der Waals surface area contributed by atoms with Crippen molar-refractivity contribution in [3.05, 3.63) is 90.8 Å². The lowest BCUT2D eigenvalue weighted by Crippen LogP contribution is -2.18. The van der Waals surface area contributed by atoms with E-state index in [0.717, 1.165) is 16.9 Å². The van der Waals surface area contributed by atoms with Crippen molar-refractivity contribution >= 4 is 23.0 Å². The van der Waals surface area contributed by atoms with Crippen molar-refractivity contribution in [2.45, 2.75) is 0 Å². The summed E-state index contributed by atoms with van der Waals surface area (Å²) in [6.07, 6.45) is 1.27. The Morgan fingerprint density at radius 3 is 2.54 bits per heavy atom. The molecular weight excluding hydrogens is 352 g/mol. The summed E-state index contributed by atoms with van der Waals surface area (Å²) in [5.74, 6) is 0.210. The molecule has 1 N–H and O–H groups in total. The third-order valence-electron chi connectivity index (χ3n) is 4.38. The molecule has 4 aromatic rings. The molecule has 0 bridgehead atoms. The zero-order valence-electron chi connectivity index (χ0n) is 15.2. The van der Waals surface area contributed by atoms with Crippen LogP contribution in [0.15, 0.2) is 89.7 Å². The summed E-state index contributed by atoms with van der Waals surface area (Å²) >= 11 is 0. The molecule has 0 unspecified atom stereocenters. The van der Waals surface area contributed by atoms with Crippen LogP contribution in [0.2, 0.25) is 0 Å². The molecule has 1 aromatic heterocycles. The monoisotopic (exact) mass is 370 g/mol. The van der Waals surface area contributed by atoms with Crippen LogP contribution in [0.1, 0.15) is 10.4 Å². The molecule has 0 saturated heterocycles. The first-order valence-electron chi connectivity index (χ1n) is 8.78. The van der Waals surface area contributed by atoms with Crippen molar-refractivity contribution in [3.8, 4) is 11.5 Å². The number of para-hydroxylation sites is 2. The van der Waals surface area contributed by atoms with E-state index in [0.29, 0.717) is 17.1 Å². The molecule has 6 heteroatoms. The number of aromatic nitrogens is 2. The molecule has 0 aliphatic rings. The first-order chi connectivity index (χ1) is 13.7. The molecule has 4 rings (SSSR count). The Morgan fingerprint density at radius 1 is 0.964 bits per heavy atom. The molecule has 3 aromatic carbocycles. The number of hydrogen-bond donors (Lipinski definition) is 1. The minimum absolute atomic E-state index is 0.193. The number of carbonyl (C=O) groups excluding carboxylic acids is 1. The van der Waals surface area contributed by atoms with Crippen LogP contribution in [0.5, 0.6) is 0 Å². The Hall–Kier alpha value is -3.93. The van der Waals surface area contributed by atoms with Crippen molar-refractivity contribution < 1.29 is 9.21 Å². The molecule has 1 amide bonds. The smallest absolute Gasteiger partial charge is 0.257 e. The molecule has 0 radical (unpaired) electrons. The molecule has 0 spiro atoms. The van der Waals surface area contributed by atoms with Gasteiger partial charge in [-0.2, -0.15) is 0 Å². The average Bonchev–Trinajstić information content (AvgIpc) is 3.29. The fourth-order valence-electron chi connectivity index (χ4n) is 2.98. The number of nitrogens with zero attached hydrogens (tertiary/aromatic N) is 3. The lowest BCUT2D eigenvalue weighted by atomic mass is 10.1. The van der Waals surface area contributed by atoms with Crippen LogP contribution in [0.4, 0.5) is 17.1 Å². The van der Waals surface area contributed by atoms with E-state index in [-0.39, 0.29) is 5.91 Å². The Morgan fingerprint density at radius 2 is 1.75 bits per heavy atom. The predicted octanol–water partition coefficient (Wildman–Crippen LogP) is 4.76. The van der Waals surface area contributed by atoms with Gasteiger partial charge in [-0.05, 0) is 42.5 Å². The highest BCUT2D eigenvalue weighted by molar-refractivity contribution is 6.08. The van der Waals surface area contributed by atoms with Crippen molar-refractivity contribution in [2.24, 2.45) is 0 Å². The fraction of sp³-hybridized carbons (Fsp3) is 0.0455. The summed E-state index contributed by atoms with van der Waals surface area (Å²) in [7, 11) is 1.94. The molecule has 0 aliphatic heterocycles. The van der Waals surface area contributed by atoms with E-state index in [1.807, 2.05) is 84.7 Å². The second-order valence-corrected chi connectivity index (χ2v) is 6.19. The lowest BCUT2D eigenvalue weighted by molar-refractivity contribution is 0.102. The second kappa shape index (κ2) is 7.75. The predicted molar refractivity (Wildman–Crippen MR) is 109 cm³/mol. The lowest BCUT2D eigenvalue weighted by Gasteiger charge is -2.22. The second-order valence-electron chi connectivity index (χ2n) is 6.19. The largest absolute Gasteiger partial charge is 0.423 e. The highest BCUT2D eigenvalue weighted by Gasteiger charge is 2.15. The van der Waals surface area contributed by atoms with Crippen LogP contribution in [-0.2, 0) is 0 Å². The SMILES string of the molecule is CN(c1ccccc1)c1ccccc1C(=O)Nc1cccc(-c2nnco2)c1. The minimum atomic E-state index is -0.193. The summed E-state index contributed by atoms with van der Waals surface area (Å²) in [5.41, 5.74) is 3.79. The summed E-state index contributed by atoms with van der Waals surface area (Å²) in [6, 6.07) is 24.7. The van der Waals surface area contributed by atoms with Gasteiger partial charge < -0.3 is 14.6 Å². The Labute approximate surface area is 162 Å². The van der Waals surface area contributed by atoms with Gasteiger partial charge in [0.15, 0.2) is 0 Å².